The largest absolute Gasteiger partial charge is 0.508 e. The first kappa shape index (κ1) is 26.9. The molecule has 192 valence electrons. The first-order valence-electron chi connectivity index (χ1n) is 12.0. The number of phenols is 1. The van der Waals surface area contributed by atoms with Gasteiger partial charge in [-0.15, -0.1) is 6.58 Å². The fraction of sp³-hybridized carbons (Fsp3) is 0.370. The van der Waals surface area contributed by atoms with Gasteiger partial charge in [0.15, 0.2) is 0 Å². The topological polar surface area (TPSA) is 122 Å². The normalized spacial score (nSPS) is 19.3. The summed E-state index contributed by atoms with van der Waals surface area (Å²) in [6.07, 6.45) is 1.92. The van der Waals surface area contributed by atoms with Crippen LogP contribution in [0.4, 0.5) is 0 Å². The van der Waals surface area contributed by atoms with Crippen LogP contribution in [0.3, 0.4) is 0 Å². The third-order valence-corrected chi connectivity index (χ3v) is 6.38. The molecule has 0 aliphatic carbocycles. The van der Waals surface area contributed by atoms with E-state index in [9.17, 15) is 19.5 Å². The number of aliphatic carboxylic acids is 1. The lowest BCUT2D eigenvalue weighted by Crippen LogP contribution is -2.57. The smallest absolute Gasteiger partial charge is 0.322 e. The van der Waals surface area contributed by atoms with Gasteiger partial charge < -0.3 is 20.8 Å². The van der Waals surface area contributed by atoms with E-state index in [2.05, 4.69) is 40.9 Å². The average Bonchev–Trinajstić information content (AvgIpc) is 2.85. The summed E-state index contributed by atoms with van der Waals surface area (Å²) in [4.78, 5) is 39.6. The molecule has 9 heteroatoms. The molecule has 0 saturated carbocycles. The van der Waals surface area contributed by atoms with Gasteiger partial charge in [0.05, 0.1) is 12.6 Å². The van der Waals surface area contributed by atoms with E-state index in [0.717, 1.165) is 30.8 Å². The van der Waals surface area contributed by atoms with E-state index in [-0.39, 0.29) is 24.4 Å². The van der Waals surface area contributed by atoms with Gasteiger partial charge in [0.25, 0.3) is 5.91 Å². The third-order valence-electron chi connectivity index (χ3n) is 6.38. The molecule has 4 N–H and O–H groups in total. The number of aromatic hydroxyl groups is 1. The zero-order valence-electron chi connectivity index (χ0n) is 20.7. The molecule has 2 amide bonds. The van der Waals surface area contributed by atoms with E-state index in [1.54, 1.807) is 24.3 Å². The summed E-state index contributed by atoms with van der Waals surface area (Å²) in [6, 6.07) is 14.9. The van der Waals surface area contributed by atoms with Gasteiger partial charge in [0.1, 0.15) is 12.3 Å². The number of carbonyl (C=O) groups excluding carboxylic acids is 2. The second kappa shape index (κ2) is 12.3. The molecule has 2 aromatic rings. The number of nitrogens with zero attached hydrogens (tertiary/aromatic N) is 2. The Labute approximate surface area is 211 Å². The summed E-state index contributed by atoms with van der Waals surface area (Å²) >= 11 is 0. The molecule has 1 aliphatic rings. The molecular formula is C27H34N4O5. The van der Waals surface area contributed by atoms with Gasteiger partial charge in [-0.05, 0) is 49.2 Å². The molecule has 1 heterocycles. The number of carbonyl (C=O) groups is 3. The zero-order valence-corrected chi connectivity index (χ0v) is 20.7. The molecular weight excluding hydrogens is 460 g/mol. The Kier molecular flexibility index (Phi) is 9.21. The Morgan fingerprint density at radius 3 is 2.39 bits per heavy atom. The number of amides is 2. The lowest BCUT2D eigenvalue weighted by atomic mass is 9.92. The summed E-state index contributed by atoms with van der Waals surface area (Å²) in [5.74, 6) is -1.97. The van der Waals surface area contributed by atoms with Crippen molar-refractivity contribution >= 4 is 17.8 Å². The lowest BCUT2D eigenvalue weighted by molar-refractivity contribution is -0.137. The lowest BCUT2D eigenvalue weighted by Gasteiger charge is -2.47. The number of nitrogens with one attached hydrogen (secondary N) is 2. The van der Waals surface area contributed by atoms with Crippen LogP contribution in [0.5, 0.6) is 5.75 Å². The first-order chi connectivity index (χ1) is 17.2. The minimum atomic E-state index is -1.16. The van der Waals surface area contributed by atoms with Crippen LogP contribution in [0, 0.1) is 0 Å². The Balaban J connectivity index is 1.80. The molecule has 0 spiro atoms. The second-order valence-corrected chi connectivity index (χ2v) is 9.11. The van der Waals surface area contributed by atoms with Gasteiger partial charge in [0.2, 0.25) is 5.91 Å². The molecule has 1 fully saturated rings. The number of hydrogen-bond donors (Lipinski definition) is 4. The maximum Gasteiger partial charge on any atom is 0.322 e. The number of benzene rings is 2. The molecule has 1 aliphatic heterocycles. The summed E-state index contributed by atoms with van der Waals surface area (Å²) < 4.78 is 0. The number of hydrogen-bond acceptors (Lipinski definition) is 6. The van der Waals surface area contributed by atoms with E-state index in [4.69, 9.17) is 5.11 Å². The van der Waals surface area contributed by atoms with Crippen molar-refractivity contribution in [3.05, 3.63) is 77.9 Å². The molecule has 0 radical (unpaired) electrons. The van der Waals surface area contributed by atoms with E-state index in [1.165, 1.54) is 0 Å². The molecule has 1 saturated heterocycles. The zero-order chi connectivity index (χ0) is 26.2. The SMILES string of the molecule is C=CCN1C[C@H](C)N([C@H](c2ccc(C(=O)NCC(=O)NCC(=O)O)cc2)c2cccc(O)c2)C[C@H]1C. The predicted octanol–water partition coefficient (Wildman–Crippen LogP) is 1.99. The molecule has 0 unspecified atom stereocenters. The molecule has 2 aromatic carbocycles. The van der Waals surface area contributed by atoms with Crippen LogP contribution in [0.1, 0.15) is 41.4 Å². The highest BCUT2D eigenvalue weighted by atomic mass is 16.4. The van der Waals surface area contributed by atoms with Gasteiger partial charge in [-0.3, -0.25) is 24.2 Å². The molecule has 0 bridgehead atoms. The van der Waals surface area contributed by atoms with Crippen molar-refractivity contribution < 1.29 is 24.6 Å². The van der Waals surface area contributed by atoms with Crippen LogP contribution in [-0.2, 0) is 9.59 Å². The molecule has 3 rings (SSSR count). The highest BCUT2D eigenvalue weighted by Crippen LogP contribution is 2.34. The van der Waals surface area contributed by atoms with Crippen molar-refractivity contribution in [2.24, 2.45) is 0 Å². The van der Waals surface area contributed by atoms with Gasteiger partial charge in [-0.25, -0.2) is 0 Å². The Morgan fingerprint density at radius 2 is 1.75 bits per heavy atom. The Hall–Kier alpha value is -3.69. The van der Waals surface area contributed by atoms with Crippen molar-refractivity contribution in [2.45, 2.75) is 32.0 Å². The average molecular weight is 495 g/mol. The van der Waals surface area contributed by atoms with Gasteiger partial charge in [0, 0.05) is 37.3 Å². The predicted molar refractivity (Wildman–Crippen MR) is 137 cm³/mol. The summed E-state index contributed by atoms with van der Waals surface area (Å²) in [7, 11) is 0. The van der Waals surface area contributed by atoms with Crippen molar-refractivity contribution in [2.75, 3.05) is 32.7 Å². The monoisotopic (exact) mass is 494 g/mol. The van der Waals surface area contributed by atoms with Crippen LogP contribution in [-0.4, -0.2) is 82.6 Å². The Morgan fingerprint density at radius 1 is 1.03 bits per heavy atom. The highest BCUT2D eigenvalue weighted by molar-refractivity contribution is 5.96. The molecule has 9 nitrogen and oxygen atoms in total. The van der Waals surface area contributed by atoms with Crippen LogP contribution in [0.15, 0.2) is 61.2 Å². The maximum atomic E-state index is 12.5. The number of piperazine rings is 1. The second-order valence-electron chi connectivity index (χ2n) is 9.11. The maximum absolute atomic E-state index is 12.5. The number of carboxylic acids is 1. The van der Waals surface area contributed by atoms with E-state index < -0.39 is 24.3 Å². The highest BCUT2D eigenvalue weighted by Gasteiger charge is 2.34. The first-order valence-corrected chi connectivity index (χ1v) is 12.0. The van der Waals surface area contributed by atoms with Gasteiger partial charge in [-0.1, -0.05) is 30.3 Å². The number of rotatable bonds is 10. The fourth-order valence-corrected chi connectivity index (χ4v) is 4.59. The van der Waals surface area contributed by atoms with Crippen molar-refractivity contribution in [1.82, 2.24) is 20.4 Å². The number of carboxylic acid groups (broad SMARTS) is 1. The Bertz CT molecular complexity index is 1090. The van der Waals surface area contributed by atoms with Crippen molar-refractivity contribution in [1.29, 1.82) is 0 Å². The summed E-state index contributed by atoms with van der Waals surface area (Å²) in [6.45, 7) is 9.97. The number of phenolic OH excluding ortho intramolecular Hbond substituents is 1. The summed E-state index contributed by atoms with van der Waals surface area (Å²) in [5, 5.41) is 23.5. The fourth-order valence-electron chi connectivity index (χ4n) is 4.59. The standard InChI is InChI=1S/C27H34N4O5/c1-4-12-30-16-19(3)31(17-18(30)2)26(22-6-5-7-23(32)13-22)20-8-10-21(11-9-20)27(36)29-14-24(33)28-15-25(34)35/h4-11,13,18-19,26,32H,1,12,14-17H2,2-3H3,(H,28,33)(H,29,36)(H,34,35)/t18-,19+,26-/m1/s1. The van der Waals surface area contributed by atoms with Gasteiger partial charge >= 0.3 is 5.97 Å². The third kappa shape index (κ3) is 6.93. The molecule has 3 atom stereocenters. The van der Waals surface area contributed by atoms with Crippen LogP contribution >= 0.6 is 0 Å². The van der Waals surface area contributed by atoms with Gasteiger partial charge in [-0.2, -0.15) is 0 Å². The van der Waals surface area contributed by atoms with Crippen LogP contribution in [0.2, 0.25) is 0 Å². The minimum Gasteiger partial charge on any atom is -0.508 e. The van der Waals surface area contributed by atoms with E-state index >= 15 is 0 Å². The quantitative estimate of drug-likeness (QED) is 0.373. The van der Waals surface area contributed by atoms with Crippen LogP contribution < -0.4 is 10.6 Å². The summed E-state index contributed by atoms with van der Waals surface area (Å²) in [5.41, 5.74) is 2.32. The molecule has 0 aromatic heterocycles. The minimum absolute atomic E-state index is 0.126. The molecule has 36 heavy (non-hydrogen) atoms. The van der Waals surface area contributed by atoms with Crippen LogP contribution in [0.25, 0.3) is 0 Å². The van der Waals surface area contributed by atoms with E-state index in [1.807, 2.05) is 30.3 Å². The van der Waals surface area contributed by atoms with Crippen molar-refractivity contribution in [3.8, 4) is 5.75 Å². The van der Waals surface area contributed by atoms with Crippen molar-refractivity contribution in [3.63, 3.8) is 0 Å². The van der Waals surface area contributed by atoms with E-state index in [0.29, 0.717) is 11.6 Å².